The first-order valence-electron chi connectivity index (χ1n) is 5.59. The number of carbonyl (C=O) groups is 2. The van der Waals surface area contributed by atoms with Crippen molar-refractivity contribution in [2.45, 2.75) is 18.9 Å². The number of piperidine rings is 1. The molecule has 1 fully saturated rings. The van der Waals surface area contributed by atoms with E-state index in [1.807, 2.05) is 0 Å². The van der Waals surface area contributed by atoms with E-state index in [-0.39, 0.29) is 23.4 Å². The fraction of sp³-hybridized carbons (Fsp3) is 0.333. The Morgan fingerprint density at radius 3 is 2.56 bits per heavy atom. The van der Waals surface area contributed by atoms with Crippen molar-refractivity contribution in [2.75, 3.05) is 6.54 Å². The molecule has 0 aromatic heterocycles. The van der Waals surface area contributed by atoms with Crippen LogP contribution in [0.15, 0.2) is 18.2 Å². The van der Waals surface area contributed by atoms with E-state index in [9.17, 15) is 9.59 Å². The Hall–Kier alpha value is -1.26. The summed E-state index contributed by atoms with van der Waals surface area (Å²) in [6.07, 6.45) is 1.04. The number of nitrogens with one attached hydrogen (secondary N) is 2. The number of benzene rings is 1. The molecule has 4 nitrogen and oxygen atoms in total. The topological polar surface area (TPSA) is 58.2 Å². The normalized spacial score (nSPS) is 19.2. The minimum Gasteiger partial charge on any atom is -0.354 e. The minimum atomic E-state index is -0.313. The summed E-state index contributed by atoms with van der Waals surface area (Å²) < 4.78 is 0. The maximum atomic E-state index is 12.0. The van der Waals surface area contributed by atoms with E-state index in [0.29, 0.717) is 29.4 Å². The third-order valence-corrected chi connectivity index (χ3v) is 3.42. The van der Waals surface area contributed by atoms with Gasteiger partial charge in [-0.3, -0.25) is 9.59 Å². The molecule has 1 aliphatic heterocycles. The lowest BCUT2D eigenvalue weighted by molar-refractivity contribution is -0.122. The maximum Gasteiger partial charge on any atom is 0.254 e. The van der Waals surface area contributed by atoms with E-state index >= 15 is 0 Å². The van der Waals surface area contributed by atoms with Crippen LogP contribution in [0.4, 0.5) is 0 Å². The van der Waals surface area contributed by atoms with Crippen LogP contribution in [-0.4, -0.2) is 24.4 Å². The molecular weight excluding hydrogens is 275 g/mol. The Morgan fingerprint density at radius 1 is 1.33 bits per heavy atom. The standard InChI is InChI=1S/C12H12Cl2N2O2/c13-8-2-1-3-9(14)11(8)12(18)16-7-4-5-10(17)15-6-7/h1-3,7H,4-6H2,(H,15,17)(H,16,18). The van der Waals surface area contributed by atoms with E-state index in [1.54, 1.807) is 18.2 Å². The highest BCUT2D eigenvalue weighted by Crippen LogP contribution is 2.24. The average molecular weight is 287 g/mol. The van der Waals surface area contributed by atoms with Crippen molar-refractivity contribution in [3.8, 4) is 0 Å². The molecule has 1 saturated heterocycles. The molecule has 2 N–H and O–H groups in total. The molecule has 0 spiro atoms. The molecule has 1 aromatic rings. The van der Waals surface area contributed by atoms with E-state index < -0.39 is 0 Å². The van der Waals surface area contributed by atoms with Gasteiger partial charge in [-0.15, -0.1) is 0 Å². The Bertz CT molecular complexity index is 461. The molecule has 1 aromatic carbocycles. The summed E-state index contributed by atoms with van der Waals surface area (Å²) in [5.74, 6) is -0.303. The van der Waals surface area contributed by atoms with Crippen molar-refractivity contribution >= 4 is 35.0 Å². The fourth-order valence-corrected chi connectivity index (χ4v) is 2.40. The molecule has 2 amide bonds. The smallest absolute Gasteiger partial charge is 0.254 e. The number of amides is 2. The molecule has 0 aliphatic carbocycles. The summed E-state index contributed by atoms with van der Waals surface area (Å²) in [5, 5.41) is 6.15. The van der Waals surface area contributed by atoms with E-state index in [0.717, 1.165) is 0 Å². The SMILES string of the molecule is O=C1CCC(NC(=O)c2c(Cl)cccc2Cl)CN1. The van der Waals surface area contributed by atoms with Crippen molar-refractivity contribution < 1.29 is 9.59 Å². The van der Waals surface area contributed by atoms with Crippen LogP contribution in [-0.2, 0) is 4.79 Å². The number of halogens is 2. The molecule has 1 heterocycles. The molecule has 0 bridgehead atoms. The van der Waals surface area contributed by atoms with E-state index in [4.69, 9.17) is 23.2 Å². The third kappa shape index (κ3) is 2.94. The Morgan fingerprint density at radius 2 is 2.00 bits per heavy atom. The Labute approximate surface area is 115 Å². The molecular formula is C12H12Cl2N2O2. The highest BCUT2D eigenvalue weighted by molar-refractivity contribution is 6.39. The predicted octanol–water partition coefficient (Wildman–Crippen LogP) is 2.00. The van der Waals surface area contributed by atoms with Crippen LogP contribution in [0.3, 0.4) is 0 Å². The van der Waals surface area contributed by atoms with Crippen LogP contribution < -0.4 is 10.6 Å². The van der Waals surface area contributed by atoms with Crippen LogP contribution in [0.5, 0.6) is 0 Å². The highest BCUT2D eigenvalue weighted by Gasteiger charge is 2.22. The van der Waals surface area contributed by atoms with Gasteiger partial charge in [-0.2, -0.15) is 0 Å². The maximum absolute atomic E-state index is 12.0. The van der Waals surface area contributed by atoms with Gasteiger partial charge in [-0.1, -0.05) is 29.3 Å². The second kappa shape index (κ2) is 5.59. The van der Waals surface area contributed by atoms with Gasteiger partial charge in [0, 0.05) is 19.0 Å². The van der Waals surface area contributed by atoms with Gasteiger partial charge >= 0.3 is 0 Å². The zero-order valence-corrected chi connectivity index (χ0v) is 11.0. The number of rotatable bonds is 2. The monoisotopic (exact) mass is 286 g/mol. The van der Waals surface area contributed by atoms with Crippen LogP contribution in [0.1, 0.15) is 23.2 Å². The molecule has 1 aliphatic rings. The molecule has 18 heavy (non-hydrogen) atoms. The van der Waals surface area contributed by atoms with Crippen molar-refractivity contribution in [3.63, 3.8) is 0 Å². The van der Waals surface area contributed by atoms with Gasteiger partial charge in [0.25, 0.3) is 5.91 Å². The molecule has 0 saturated carbocycles. The Kier molecular flexibility index (Phi) is 4.09. The lowest BCUT2D eigenvalue weighted by Gasteiger charge is -2.23. The average Bonchev–Trinajstić information content (AvgIpc) is 2.32. The summed E-state index contributed by atoms with van der Waals surface area (Å²) in [4.78, 5) is 23.0. The lowest BCUT2D eigenvalue weighted by atomic mass is 10.1. The Balaban J connectivity index is 2.06. The molecule has 96 valence electrons. The lowest BCUT2D eigenvalue weighted by Crippen LogP contribution is -2.47. The van der Waals surface area contributed by atoms with Crippen LogP contribution >= 0.6 is 23.2 Å². The van der Waals surface area contributed by atoms with Crippen LogP contribution in [0.25, 0.3) is 0 Å². The first-order valence-corrected chi connectivity index (χ1v) is 6.35. The minimum absolute atomic E-state index is 0.0104. The molecule has 1 unspecified atom stereocenters. The summed E-state index contributed by atoms with van der Waals surface area (Å²) >= 11 is 11.9. The van der Waals surface area contributed by atoms with Gasteiger partial charge < -0.3 is 10.6 Å². The van der Waals surface area contributed by atoms with Gasteiger partial charge in [0.1, 0.15) is 0 Å². The number of carbonyl (C=O) groups excluding carboxylic acids is 2. The van der Waals surface area contributed by atoms with Gasteiger partial charge in [-0.25, -0.2) is 0 Å². The zero-order valence-electron chi connectivity index (χ0n) is 9.50. The van der Waals surface area contributed by atoms with Gasteiger partial charge in [-0.05, 0) is 18.6 Å². The predicted molar refractivity (Wildman–Crippen MR) is 70.0 cm³/mol. The first-order chi connectivity index (χ1) is 8.58. The van der Waals surface area contributed by atoms with E-state index in [1.165, 1.54) is 0 Å². The molecule has 0 radical (unpaired) electrons. The van der Waals surface area contributed by atoms with E-state index in [2.05, 4.69) is 10.6 Å². The summed E-state index contributed by atoms with van der Waals surface area (Å²) in [6.45, 7) is 0.437. The fourth-order valence-electron chi connectivity index (χ4n) is 1.83. The van der Waals surface area contributed by atoms with Crippen molar-refractivity contribution in [1.82, 2.24) is 10.6 Å². The van der Waals surface area contributed by atoms with Crippen LogP contribution in [0, 0.1) is 0 Å². The summed E-state index contributed by atoms with van der Waals surface area (Å²) in [7, 11) is 0. The quantitative estimate of drug-likeness (QED) is 0.874. The van der Waals surface area contributed by atoms with Gasteiger partial charge in [0.2, 0.25) is 5.91 Å². The number of hydrogen-bond donors (Lipinski definition) is 2. The second-order valence-electron chi connectivity index (χ2n) is 4.11. The first kappa shape index (κ1) is 13.2. The molecule has 6 heteroatoms. The van der Waals surface area contributed by atoms with Gasteiger partial charge in [0.15, 0.2) is 0 Å². The largest absolute Gasteiger partial charge is 0.354 e. The highest BCUT2D eigenvalue weighted by atomic mass is 35.5. The molecule has 2 rings (SSSR count). The summed E-state index contributed by atoms with van der Waals surface area (Å²) in [6, 6.07) is 4.83. The molecule has 1 atom stereocenters. The van der Waals surface area contributed by atoms with Crippen molar-refractivity contribution in [1.29, 1.82) is 0 Å². The van der Waals surface area contributed by atoms with Crippen molar-refractivity contribution in [3.05, 3.63) is 33.8 Å². The second-order valence-corrected chi connectivity index (χ2v) is 4.92. The van der Waals surface area contributed by atoms with Crippen LogP contribution in [0.2, 0.25) is 10.0 Å². The third-order valence-electron chi connectivity index (χ3n) is 2.79. The zero-order chi connectivity index (χ0) is 13.1. The van der Waals surface area contributed by atoms with Gasteiger partial charge in [0.05, 0.1) is 15.6 Å². The van der Waals surface area contributed by atoms with Crippen molar-refractivity contribution in [2.24, 2.45) is 0 Å². The number of hydrogen-bond acceptors (Lipinski definition) is 2. The summed E-state index contributed by atoms with van der Waals surface area (Å²) in [5.41, 5.74) is 0.276.